The first kappa shape index (κ1) is 19.6. The van der Waals surface area contributed by atoms with Crippen LogP contribution in [-0.2, 0) is 6.42 Å². The number of carbonyl (C=O) groups is 1. The number of fused-ring (bicyclic) bond motifs is 1. The fourth-order valence-electron chi connectivity index (χ4n) is 3.64. The molecule has 0 saturated carbocycles. The average molecular weight is 379 g/mol. The lowest BCUT2D eigenvalue weighted by molar-refractivity contribution is 0.0950. The van der Waals surface area contributed by atoms with Crippen LogP contribution in [-0.4, -0.2) is 30.5 Å². The lowest BCUT2D eigenvalue weighted by Crippen LogP contribution is -2.28. The van der Waals surface area contributed by atoms with E-state index in [9.17, 15) is 9.59 Å². The van der Waals surface area contributed by atoms with E-state index in [0.717, 1.165) is 37.0 Å². The highest BCUT2D eigenvalue weighted by molar-refractivity contribution is 6.04. The molecule has 1 aromatic carbocycles. The minimum absolute atomic E-state index is 0.0158. The van der Waals surface area contributed by atoms with E-state index in [-0.39, 0.29) is 22.8 Å². The van der Waals surface area contributed by atoms with Crippen LogP contribution in [0.3, 0.4) is 0 Å². The van der Waals surface area contributed by atoms with Crippen LogP contribution in [0.15, 0.2) is 59.1 Å². The molecule has 0 fully saturated rings. The summed E-state index contributed by atoms with van der Waals surface area (Å²) in [6.45, 7) is 3.83. The topological polar surface area (TPSA) is 72.7 Å². The molecule has 1 amide bonds. The summed E-state index contributed by atoms with van der Waals surface area (Å²) in [7, 11) is 2.89. The van der Waals surface area contributed by atoms with E-state index in [0.29, 0.717) is 0 Å². The number of aromatic nitrogens is 1. The minimum atomic E-state index is -0.425. The zero-order valence-electron chi connectivity index (χ0n) is 16.3. The predicted molar refractivity (Wildman–Crippen MR) is 110 cm³/mol. The maximum atomic E-state index is 12.5. The second-order valence-electron chi connectivity index (χ2n) is 6.73. The van der Waals surface area contributed by atoms with Gasteiger partial charge in [0.1, 0.15) is 0 Å². The Hall–Kier alpha value is -3.15. The number of hydrogen-bond donors (Lipinski definition) is 1. The van der Waals surface area contributed by atoms with Crippen molar-refractivity contribution >= 4 is 11.6 Å². The zero-order chi connectivity index (χ0) is 20.1. The molecule has 1 aliphatic rings. The number of rotatable bonds is 6. The normalized spacial score (nSPS) is 17.1. The maximum absolute atomic E-state index is 12.5. The first-order valence-electron chi connectivity index (χ1n) is 9.40. The SMILES string of the molecule is C=CCCC1CCc2ccccc2/C1=N\n1ccc(=O)c(OC)c1C(=O)NC. The number of amides is 1. The van der Waals surface area contributed by atoms with Gasteiger partial charge >= 0.3 is 0 Å². The third-order valence-electron chi connectivity index (χ3n) is 5.06. The molecule has 0 saturated heterocycles. The van der Waals surface area contributed by atoms with Gasteiger partial charge in [-0.3, -0.25) is 9.59 Å². The van der Waals surface area contributed by atoms with Crippen LogP contribution < -0.4 is 15.5 Å². The summed E-state index contributed by atoms with van der Waals surface area (Å²) in [6.07, 6.45) is 7.23. The average Bonchev–Trinajstić information content (AvgIpc) is 2.73. The summed E-state index contributed by atoms with van der Waals surface area (Å²) in [6, 6.07) is 9.56. The fraction of sp³-hybridized carbons (Fsp3) is 0.318. The first-order valence-corrected chi connectivity index (χ1v) is 9.40. The van der Waals surface area contributed by atoms with E-state index in [1.165, 1.54) is 36.7 Å². The predicted octanol–water partition coefficient (Wildman–Crippen LogP) is 3.00. The Kier molecular flexibility index (Phi) is 6.09. The molecule has 0 bridgehead atoms. The third-order valence-corrected chi connectivity index (χ3v) is 5.06. The Morgan fingerprint density at radius 1 is 1.39 bits per heavy atom. The lowest BCUT2D eigenvalue weighted by Gasteiger charge is -2.27. The molecule has 1 N–H and O–H groups in total. The van der Waals surface area contributed by atoms with Crippen molar-refractivity contribution in [1.82, 2.24) is 9.99 Å². The summed E-state index contributed by atoms with van der Waals surface area (Å²) in [5.74, 6) is -0.195. The summed E-state index contributed by atoms with van der Waals surface area (Å²) in [5, 5.41) is 7.40. The van der Waals surface area contributed by atoms with Crippen molar-refractivity contribution in [2.75, 3.05) is 14.2 Å². The molecular weight excluding hydrogens is 354 g/mol. The summed E-state index contributed by atoms with van der Waals surface area (Å²) in [5.41, 5.74) is 2.98. The van der Waals surface area contributed by atoms with Gasteiger partial charge in [-0.1, -0.05) is 30.3 Å². The molecule has 6 heteroatoms. The zero-order valence-corrected chi connectivity index (χ0v) is 16.3. The summed E-state index contributed by atoms with van der Waals surface area (Å²) < 4.78 is 6.67. The highest BCUT2D eigenvalue weighted by Gasteiger charge is 2.26. The number of pyridine rings is 1. The van der Waals surface area contributed by atoms with Crippen molar-refractivity contribution in [2.24, 2.45) is 11.0 Å². The smallest absolute Gasteiger partial charge is 0.273 e. The number of ether oxygens (including phenoxy) is 1. The Morgan fingerprint density at radius 2 is 2.18 bits per heavy atom. The Bertz CT molecular complexity index is 975. The summed E-state index contributed by atoms with van der Waals surface area (Å²) in [4.78, 5) is 24.6. The second-order valence-corrected chi connectivity index (χ2v) is 6.73. The van der Waals surface area contributed by atoms with Gasteiger partial charge in [-0.25, -0.2) is 4.68 Å². The number of carbonyl (C=O) groups excluding carboxylic acids is 1. The molecule has 0 radical (unpaired) electrons. The van der Waals surface area contributed by atoms with Gasteiger partial charge in [-0.15, -0.1) is 6.58 Å². The van der Waals surface area contributed by atoms with Crippen molar-refractivity contribution < 1.29 is 9.53 Å². The lowest BCUT2D eigenvalue weighted by atomic mass is 9.80. The Labute approximate surface area is 164 Å². The first-order chi connectivity index (χ1) is 13.6. The largest absolute Gasteiger partial charge is 0.491 e. The van der Waals surface area contributed by atoms with Crippen LogP contribution >= 0.6 is 0 Å². The van der Waals surface area contributed by atoms with E-state index in [1.807, 2.05) is 18.2 Å². The Morgan fingerprint density at radius 3 is 2.89 bits per heavy atom. The molecule has 1 unspecified atom stereocenters. The van der Waals surface area contributed by atoms with Crippen LogP contribution in [0.4, 0.5) is 0 Å². The molecular formula is C22H25N3O3. The van der Waals surface area contributed by atoms with Gasteiger partial charge in [0.15, 0.2) is 11.4 Å². The minimum Gasteiger partial charge on any atom is -0.491 e. The van der Waals surface area contributed by atoms with Gasteiger partial charge in [0, 0.05) is 30.8 Å². The number of nitrogens with zero attached hydrogens (tertiary/aromatic N) is 2. The van der Waals surface area contributed by atoms with Crippen LogP contribution in [0.1, 0.15) is 40.9 Å². The highest BCUT2D eigenvalue weighted by Crippen LogP contribution is 2.30. The molecule has 6 nitrogen and oxygen atoms in total. The highest BCUT2D eigenvalue weighted by atomic mass is 16.5. The van der Waals surface area contributed by atoms with E-state index in [1.54, 1.807) is 0 Å². The van der Waals surface area contributed by atoms with Gasteiger partial charge < -0.3 is 10.1 Å². The fourth-order valence-corrected chi connectivity index (χ4v) is 3.64. The van der Waals surface area contributed by atoms with E-state index in [4.69, 9.17) is 9.84 Å². The molecule has 0 spiro atoms. The van der Waals surface area contributed by atoms with Crippen LogP contribution in [0.25, 0.3) is 0 Å². The number of benzene rings is 1. The standard InChI is InChI=1S/C22H25N3O3/c1-4-5-8-16-12-11-15-9-6-7-10-17(15)19(16)24-25-14-13-18(26)21(28-3)20(25)22(27)23-2/h4,6-7,9-10,13-14,16H,1,5,8,11-12H2,2-3H3,(H,23,27)/b24-19-. The van der Waals surface area contributed by atoms with E-state index >= 15 is 0 Å². The second kappa shape index (κ2) is 8.69. The van der Waals surface area contributed by atoms with Gasteiger partial charge in [-0.2, -0.15) is 5.10 Å². The number of methoxy groups -OCH3 is 1. The van der Waals surface area contributed by atoms with Gasteiger partial charge in [0.2, 0.25) is 5.43 Å². The van der Waals surface area contributed by atoms with Crippen molar-refractivity contribution in [2.45, 2.75) is 25.7 Å². The number of aryl methyl sites for hydroxylation is 1. The van der Waals surface area contributed by atoms with Crippen molar-refractivity contribution in [3.8, 4) is 5.75 Å². The quantitative estimate of drug-likeness (QED) is 0.784. The third kappa shape index (κ3) is 3.76. The molecule has 2 aromatic rings. The van der Waals surface area contributed by atoms with Gasteiger partial charge in [0.25, 0.3) is 5.91 Å². The van der Waals surface area contributed by atoms with Crippen molar-refractivity contribution in [3.63, 3.8) is 0 Å². The number of hydrogen-bond acceptors (Lipinski definition) is 4. The molecule has 0 aliphatic heterocycles. The number of allylic oxidation sites excluding steroid dienone is 1. The van der Waals surface area contributed by atoms with Crippen LogP contribution in [0.5, 0.6) is 5.75 Å². The Balaban J connectivity index is 2.20. The van der Waals surface area contributed by atoms with Crippen molar-refractivity contribution in [3.05, 3.63) is 76.2 Å². The monoisotopic (exact) mass is 379 g/mol. The van der Waals surface area contributed by atoms with Gasteiger partial charge in [-0.05, 0) is 31.2 Å². The van der Waals surface area contributed by atoms with Crippen molar-refractivity contribution in [1.29, 1.82) is 0 Å². The van der Waals surface area contributed by atoms with E-state index < -0.39 is 5.91 Å². The molecule has 1 atom stereocenters. The molecule has 3 rings (SSSR count). The molecule has 146 valence electrons. The maximum Gasteiger partial charge on any atom is 0.273 e. The summed E-state index contributed by atoms with van der Waals surface area (Å²) >= 11 is 0. The van der Waals surface area contributed by atoms with Crippen LogP contribution in [0, 0.1) is 5.92 Å². The molecule has 28 heavy (non-hydrogen) atoms. The molecule has 1 aliphatic carbocycles. The molecule has 1 aromatic heterocycles. The molecule has 1 heterocycles. The van der Waals surface area contributed by atoms with Crippen LogP contribution in [0.2, 0.25) is 0 Å². The van der Waals surface area contributed by atoms with Gasteiger partial charge in [0.05, 0.1) is 12.8 Å². The van der Waals surface area contributed by atoms with E-state index in [2.05, 4.69) is 24.0 Å². The number of nitrogens with one attached hydrogen (secondary N) is 1.